The van der Waals surface area contributed by atoms with E-state index in [0.29, 0.717) is 61.3 Å². The molecule has 0 aliphatic carbocycles. The topological polar surface area (TPSA) is 85.8 Å². The van der Waals surface area contributed by atoms with Gasteiger partial charge in [0.1, 0.15) is 11.6 Å². The summed E-state index contributed by atoms with van der Waals surface area (Å²) in [5.74, 6) is -0.216. The molecule has 0 bridgehead atoms. The number of hydrogen-bond acceptors (Lipinski definition) is 8. The largest absolute Gasteiger partial charge is 0.466 e. The molecule has 1 aromatic heterocycles. The summed E-state index contributed by atoms with van der Waals surface area (Å²) >= 11 is 0. The van der Waals surface area contributed by atoms with Crippen LogP contribution in [0.1, 0.15) is 37.3 Å². The molecule has 5 rings (SSSR count). The average molecular weight is 502 g/mol. The van der Waals surface area contributed by atoms with Crippen LogP contribution in [-0.4, -0.2) is 68.8 Å². The van der Waals surface area contributed by atoms with Gasteiger partial charge in [-0.3, -0.25) is 4.79 Å². The number of nitrogens with zero attached hydrogens (tertiary/aromatic N) is 5. The predicted octanol–water partition coefficient (Wildman–Crippen LogP) is 4.59. The van der Waals surface area contributed by atoms with Gasteiger partial charge in [0.2, 0.25) is 0 Å². The standard InChI is InChI=1S/C29H35N5O3/c1-5-36-28(35)21-11-14-33(15-12-21)29-31-25-23(17-30)19(2)24(20-9-7-6-8-10-20)26(27(25)37-29)34-16-13-22(18-34)32(3)4/h6-10,21-22H,5,11-16,18H2,1-4H3. The van der Waals surface area contributed by atoms with E-state index in [1.165, 1.54) is 0 Å². The Kier molecular flexibility index (Phi) is 7.07. The third kappa shape index (κ3) is 4.64. The second kappa shape index (κ2) is 10.4. The number of carbonyl (C=O) groups is 1. The van der Waals surface area contributed by atoms with Gasteiger partial charge in [0.25, 0.3) is 6.01 Å². The molecule has 0 N–H and O–H groups in total. The fourth-order valence-electron chi connectivity index (χ4n) is 5.70. The Bertz CT molecular complexity index is 1320. The number of ether oxygens (including phenoxy) is 1. The minimum Gasteiger partial charge on any atom is -0.466 e. The fraction of sp³-hybridized carbons (Fsp3) is 0.483. The van der Waals surface area contributed by atoms with E-state index in [0.717, 1.165) is 41.9 Å². The molecule has 2 aliphatic rings. The molecule has 8 heteroatoms. The lowest BCUT2D eigenvalue weighted by Gasteiger charge is -2.29. The number of benzene rings is 2. The van der Waals surface area contributed by atoms with Crippen molar-refractivity contribution < 1.29 is 13.9 Å². The van der Waals surface area contributed by atoms with Gasteiger partial charge >= 0.3 is 5.97 Å². The molecule has 0 radical (unpaired) electrons. The number of piperidine rings is 1. The maximum atomic E-state index is 12.2. The van der Waals surface area contributed by atoms with E-state index >= 15 is 0 Å². The number of anilines is 2. The van der Waals surface area contributed by atoms with E-state index in [1.54, 1.807) is 0 Å². The summed E-state index contributed by atoms with van der Waals surface area (Å²) in [6.07, 6.45) is 2.45. The summed E-state index contributed by atoms with van der Waals surface area (Å²) in [5, 5.41) is 10.2. The minimum atomic E-state index is -0.124. The van der Waals surface area contributed by atoms with Gasteiger partial charge in [0, 0.05) is 37.8 Å². The lowest BCUT2D eigenvalue weighted by molar-refractivity contribution is -0.148. The summed E-state index contributed by atoms with van der Waals surface area (Å²) in [6.45, 7) is 7.36. The first-order valence-electron chi connectivity index (χ1n) is 13.2. The molecule has 2 saturated heterocycles. The lowest BCUT2D eigenvalue weighted by atomic mass is 9.93. The van der Waals surface area contributed by atoms with Gasteiger partial charge in [-0.1, -0.05) is 30.3 Å². The SMILES string of the molecule is CCOC(=O)C1CCN(c2nc3c(C#N)c(C)c(-c4ccccc4)c(N4CCC(N(C)C)C4)c3o2)CC1. The zero-order valence-corrected chi connectivity index (χ0v) is 22.2. The van der Waals surface area contributed by atoms with Crippen molar-refractivity contribution in [1.82, 2.24) is 9.88 Å². The van der Waals surface area contributed by atoms with Crippen LogP contribution in [0.25, 0.3) is 22.2 Å². The first-order chi connectivity index (χ1) is 17.9. The second-order valence-corrected chi connectivity index (χ2v) is 10.2. The highest BCUT2D eigenvalue weighted by atomic mass is 16.5. The summed E-state index contributed by atoms with van der Waals surface area (Å²) in [6, 6.07) is 13.6. The molecule has 3 aromatic rings. The molecule has 0 saturated carbocycles. The van der Waals surface area contributed by atoms with Gasteiger partial charge in [-0.05, 0) is 58.3 Å². The number of aromatic nitrogens is 1. The third-order valence-electron chi connectivity index (χ3n) is 7.82. The smallest absolute Gasteiger partial charge is 0.309 e. The Morgan fingerprint density at radius 1 is 1.16 bits per heavy atom. The predicted molar refractivity (Wildman–Crippen MR) is 145 cm³/mol. The normalized spacial score (nSPS) is 18.5. The van der Waals surface area contributed by atoms with Crippen molar-refractivity contribution in [2.45, 2.75) is 39.2 Å². The van der Waals surface area contributed by atoms with Crippen molar-refractivity contribution in [3.63, 3.8) is 0 Å². The van der Waals surface area contributed by atoms with Crippen LogP contribution in [0, 0.1) is 24.2 Å². The van der Waals surface area contributed by atoms with Crippen molar-refractivity contribution in [2.24, 2.45) is 5.92 Å². The molecule has 2 aliphatic heterocycles. The molecule has 2 aromatic carbocycles. The molecular weight excluding hydrogens is 466 g/mol. The maximum Gasteiger partial charge on any atom is 0.309 e. The van der Waals surface area contributed by atoms with Gasteiger partial charge < -0.3 is 23.9 Å². The number of rotatable bonds is 6. The Labute approximate surface area is 218 Å². The van der Waals surface area contributed by atoms with E-state index in [9.17, 15) is 10.1 Å². The molecule has 2 fully saturated rings. The average Bonchev–Trinajstić information content (AvgIpc) is 3.57. The quantitative estimate of drug-likeness (QED) is 0.453. The van der Waals surface area contributed by atoms with Gasteiger partial charge in [-0.2, -0.15) is 10.2 Å². The monoisotopic (exact) mass is 501 g/mol. The fourth-order valence-corrected chi connectivity index (χ4v) is 5.70. The number of likely N-dealkylation sites (N-methyl/N-ethyl adjacent to an activating group) is 1. The first kappa shape index (κ1) is 25.1. The van der Waals surface area contributed by atoms with Crippen molar-refractivity contribution in [3.05, 3.63) is 41.5 Å². The van der Waals surface area contributed by atoms with Gasteiger partial charge in [0.05, 0.1) is 23.8 Å². The Hall–Kier alpha value is -3.57. The van der Waals surface area contributed by atoms with Gasteiger partial charge in [0.15, 0.2) is 5.58 Å². The Balaban J connectivity index is 1.60. The van der Waals surface area contributed by atoms with Crippen LogP contribution in [0.15, 0.2) is 34.7 Å². The highest BCUT2D eigenvalue weighted by Crippen LogP contribution is 2.45. The zero-order valence-electron chi connectivity index (χ0n) is 22.2. The molecular formula is C29H35N5O3. The third-order valence-corrected chi connectivity index (χ3v) is 7.82. The number of fused-ring (bicyclic) bond motifs is 1. The number of hydrogen-bond donors (Lipinski definition) is 0. The van der Waals surface area contributed by atoms with Crippen LogP contribution in [-0.2, 0) is 9.53 Å². The highest BCUT2D eigenvalue weighted by molar-refractivity contribution is 6.03. The number of oxazole rings is 1. The molecule has 0 spiro atoms. The van der Waals surface area contributed by atoms with Crippen molar-refractivity contribution >= 4 is 28.8 Å². The van der Waals surface area contributed by atoms with Gasteiger partial charge in [-0.15, -0.1) is 0 Å². The summed E-state index contributed by atoms with van der Waals surface area (Å²) in [7, 11) is 4.25. The summed E-state index contributed by atoms with van der Waals surface area (Å²) in [4.78, 5) is 23.9. The molecule has 37 heavy (non-hydrogen) atoms. The number of esters is 1. The van der Waals surface area contributed by atoms with Crippen LogP contribution in [0.3, 0.4) is 0 Å². The molecule has 0 amide bonds. The highest BCUT2D eigenvalue weighted by Gasteiger charge is 2.33. The van der Waals surface area contributed by atoms with Crippen LogP contribution in [0.4, 0.5) is 11.7 Å². The van der Waals surface area contributed by atoms with E-state index in [-0.39, 0.29) is 11.9 Å². The van der Waals surface area contributed by atoms with Crippen molar-refractivity contribution in [1.29, 1.82) is 5.26 Å². The summed E-state index contributed by atoms with van der Waals surface area (Å²) < 4.78 is 11.8. The van der Waals surface area contributed by atoms with E-state index in [2.05, 4.69) is 47.0 Å². The first-order valence-corrected chi connectivity index (χ1v) is 13.2. The molecule has 3 heterocycles. The van der Waals surface area contributed by atoms with Gasteiger partial charge in [-0.25, -0.2) is 0 Å². The van der Waals surface area contributed by atoms with Crippen LogP contribution >= 0.6 is 0 Å². The molecule has 8 nitrogen and oxygen atoms in total. The van der Waals surface area contributed by atoms with E-state index < -0.39 is 0 Å². The molecule has 1 unspecified atom stereocenters. The lowest BCUT2D eigenvalue weighted by Crippen LogP contribution is -2.37. The molecule has 194 valence electrons. The Morgan fingerprint density at radius 3 is 2.49 bits per heavy atom. The summed E-state index contributed by atoms with van der Waals surface area (Å²) in [5.41, 5.74) is 5.88. The number of carbonyl (C=O) groups excluding carboxylic acids is 1. The van der Waals surface area contributed by atoms with Crippen LogP contribution < -0.4 is 9.80 Å². The van der Waals surface area contributed by atoms with Crippen molar-refractivity contribution in [3.8, 4) is 17.2 Å². The van der Waals surface area contributed by atoms with Crippen LogP contribution in [0.5, 0.6) is 0 Å². The maximum absolute atomic E-state index is 12.2. The van der Waals surface area contributed by atoms with Crippen LogP contribution in [0.2, 0.25) is 0 Å². The number of nitriles is 1. The Morgan fingerprint density at radius 2 is 1.86 bits per heavy atom. The van der Waals surface area contributed by atoms with E-state index in [4.69, 9.17) is 14.1 Å². The van der Waals surface area contributed by atoms with Crippen molar-refractivity contribution in [2.75, 3.05) is 56.7 Å². The van der Waals surface area contributed by atoms with E-state index in [1.807, 2.05) is 32.0 Å². The minimum absolute atomic E-state index is 0.0923. The second-order valence-electron chi connectivity index (χ2n) is 10.2. The zero-order chi connectivity index (χ0) is 26.1. The molecule has 1 atom stereocenters.